The highest BCUT2D eigenvalue weighted by Crippen LogP contribution is 2.42. The molecule has 1 aliphatic carbocycles. The number of rotatable bonds is 3. The Morgan fingerprint density at radius 2 is 1.95 bits per heavy atom. The van der Waals surface area contributed by atoms with Gasteiger partial charge < -0.3 is 9.63 Å². The largest absolute Gasteiger partial charge is 0.391 e. The minimum absolute atomic E-state index is 0.0994. The van der Waals surface area contributed by atoms with Crippen LogP contribution in [-0.4, -0.2) is 21.4 Å². The van der Waals surface area contributed by atoms with Gasteiger partial charge in [0.2, 0.25) is 5.89 Å². The third-order valence-electron chi connectivity index (χ3n) is 3.68. The normalized spacial score (nSPS) is 26.4. The van der Waals surface area contributed by atoms with Gasteiger partial charge in [-0.05, 0) is 32.1 Å². The lowest BCUT2D eigenvalue weighted by Crippen LogP contribution is -2.27. The lowest BCUT2D eigenvalue weighted by molar-refractivity contribution is -0.182. The van der Waals surface area contributed by atoms with Crippen molar-refractivity contribution in [2.75, 3.05) is 0 Å². The van der Waals surface area contributed by atoms with Crippen molar-refractivity contribution in [2.24, 2.45) is 5.92 Å². The number of halogens is 3. The van der Waals surface area contributed by atoms with Crippen LogP contribution in [0.4, 0.5) is 13.2 Å². The molecule has 0 radical (unpaired) electrons. The third-order valence-corrected chi connectivity index (χ3v) is 3.68. The Morgan fingerprint density at radius 1 is 1.32 bits per heavy atom. The summed E-state index contributed by atoms with van der Waals surface area (Å²) >= 11 is 0. The summed E-state index contributed by atoms with van der Waals surface area (Å²) in [7, 11) is 0. The number of nitrogens with zero attached hydrogens (tertiary/aromatic N) is 2. The lowest BCUT2D eigenvalue weighted by atomic mass is 9.81. The Kier molecular flexibility index (Phi) is 4.13. The Balaban J connectivity index is 1.96. The van der Waals surface area contributed by atoms with Crippen molar-refractivity contribution >= 4 is 0 Å². The highest BCUT2D eigenvalue weighted by molar-refractivity contribution is 4.98. The van der Waals surface area contributed by atoms with Gasteiger partial charge in [-0.3, -0.25) is 0 Å². The zero-order chi connectivity index (χ0) is 14.0. The maximum absolute atomic E-state index is 12.5. The zero-order valence-electron chi connectivity index (χ0n) is 10.7. The van der Waals surface area contributed by atoms with Gasteiger partial charge in [-0.15, -0.1) is 0 Å². The van der Waals surface area contributed by atoms with Crippen LogP contribution in [0.1, 0.15) is 62.8 Å². The second kappa shape index (κ2) is 5.48. The zero-order valence-corrected chi connectivity index (χ0v) is 10.7. The van der Waals surface area contributed by atoms with Gasteiger partial charge in [0, 0.05) is 5.92 Å². The molecule has 1 unspecified atom stereocenters. The first-order chi connectivity index (χ1) is 8.91. The second-order valence-corrected chi connectivity index (χ2v) is 5.01. The molecule has 1 saturated carbocycles. The molecule has 1 atom stereocenters. The molecule has 2 rings (SSSR count). The maximum atomic E-state index is 12.5. The summed E-state index contributed by atoms with van der Waals surface area (Å²) in [5.41, 5.74) is 0. The standard InChI is InChI=1S/C12H17F3N2O2/c1-2-9(18)10-16-11(19-17-10)7-3-5-8(6-4-7)12(13,14)15/h7-9,18H,2-6H2,1H3. The lowest BCUT2D eigenvalue weighted by Gasteiger charge is -2.27. The Hall–Kier alpha value is -1.11. The Bertz CT molecular complexity index is 411. The molecule has 7 heteroatoms. The van der Waals surface area contributed by atoms with Gasteiger partial charge in [-0.25, -0.2) is 0 Å². The van der Waals surface area contributed by atoms with Gasteiger partial charge in [0.1, 0.15) is 6.10 Å². The van der Waals surface area contributed by atoms with Gasteiger partial charge in [0.15, 0.2) is 5.82 Å². The quantitative estimate of drug-likeness (QED) is 0.921. The van der Waals surface area contributed by atoms with Gasteiger partial charge in [0.25, 0.3) is 0 Å². The van der Waals surface area contributed by atoms with Gasteiger partial charge >= 0.3 is 6.18 Å². The molecule has 0 saturated heterocycles. The monoisotopic (exact) mass is 278 g/mol. The summed E-state index contributed by atoms with van der Waals surface area (Å²) in [4.78, 5) is 4.08. The van der Waals surface area contributed by atoms with Crippen LogP contribution in [-0.2, 0) is 0 Å². The van der Waals surface area contributed by atoms with Crippen molar-refractivity contribution in [2.45, 2.75) is 57.2 Å². The van der Waals surface area contributed by atoms with Crippen LogP contribution in [0.25, 0.3) is 0 Å². The molecule has 1 aromatic rings. The summed E-state index contributed by atoms with van der Waals surface area (Å²) in [6.45, 7) is 1.79. The fourth-order valence-electron chi connectivity index (χ4n) is 2.40. The molecule has 0 amide bonds. The number of hydrogen-bond acceptors (Lipinski definition) is 4. The van der Waals surface area contributed by atoms with Crippen molar-refractivity contribution in [3.63, 3.8) is 0 Å². The molecule has 0 spiro atoms. The average molecular weight is 278 g/mol. The highest BCUT2D eigenvalue weighted by atomic mass is 19.4. The topological polar surface area (TPSA) is 59.2 Å². The van der Waals surface area contributed by atoms with E-state index in [0.717, 1.165) is 0 Å². The van der Waals surface area contributed by atoms with Crippen LogP contribution in [0.3, 0.4) is 0 Å². The number of alkyl halides is 3. The smallest absolute Gasteiger partial charge is 0.385 e. The van der Waals surface area contributed by atoms with E-state index in [2.05, 4.69) is 10.1 Å². The van der Waals surface area contributed by atoms with E-state index >= 15 is 0 Å². The van der Waals surface area contributed by atoms with Crippen LogP contribution in [0.5, 0.6) is 0 Å². The number of aromatic nitrogens is 2. The van der Waals surface area contributed by atoms with Crippen molar-refractivity contribution in [3.8, 4) is 0 Å². The van der Waals surface area contributed by atoms with E-state index in [-0.39, 0.29) is 24.6 Å². The molecule has 1 fully saturated rings. The third kappa shape index (κ3) is 3.26. The molecular weight excluding hydrogens is 261 g/mol. The van der Waals surface area contributed by atoms with Crippen LogP contribution < -0.4 is 0 Å². The van der Waals surface area contributed by atoms with Gasteiger partial charge in [-0.2, -0.15) is 18.2 Å². The molecule has 0 bridgehead atoms. The Labute approximate surface area is 109 Å². The molecule has 1 aliphatic rings. The number of hydrogen-bond donors (Lipinski definition) is 1. The summed E-state index contributed by atoms with van der Waals surface area (Å²) in [6, 6.07) is 0. The second-order valence-electron chi connectivity index (χ2n) is 5.01. The van der Waals surface area contributed by atoms with E-state index in [0.29, 0.717) is 25.2 Å². The van der Waals surface area contributed by atoms with Crippen molar-refractivity contribution in [3.05, 3.63) is 11.7 Å². The molecule has 1 N–H and O–H groups in total. The molecule has 0 aliphatic heterocycles. The summed E-state index contributed by atoms with van der Waals surface area (Å²) < 4.78 is 42.7. The maximum Gasteiger partial charge on any atom is 0.391 e. The van der Waals surface area contributed by atoms with Crippen LogP contribution in [0, 0.1) is 5.92 Å². The average Bonchev–Trinajstić information content (AvgIpc) is 2.86. The van der Waals surface area contributed by atoms with Crippen molar-refractivity contribution in [1.82, 2.24) is 10.1 Å². The van der Waals surface area contributed by atoms with Crippen LogP contribution >= 0.6 is 0 Å². The minimum atomic E-state index is -4.11. The van der Waals surface area contributed by atoms with E-state index in [9.17, 15) is 18.3 Å². The summed E-state index contributed by atoms with van der Waals surface area (Å²) in [5, 5.41) is 13.2. The van der Waals surface area contributed by atoms with E-state index < -0.39 is 18.2 Å². The van der Waals surface area contributed by atoms with E-state index in [1.165, 1.54) is 0 Å². The van der Waals surface area contributed by atoms with Gasteiger partial charge in [0.05, 0.1) is 5.92 Å². The minimum Gasteiger partial charge on any atom is -0.385 e. The first-order valence-electron chi connectivity index (χ1n) is 6.50. The molecule has 4 nitrogen and oxygen atoms in total. The molecule has 0 aromatic carbocycles. The molecule has 19 heavy (non-hydrogen) atoms. The van der Waals surface area contributed by atoms with E-state index in [1.54, 1.807) is 6.92 Å². The summed E-state index contributed by atoms with van der Waals surface area (Å²) in [6.07, 6.45) is -3.42. The summed E-state index contributed by atoms with van der Waals surface area (Å²) in [5.74, 6) is -0.769. The van der Waals surface area contributed by atoms with Crippen LogP contribution in [0.2, 0.25) is 0 Å². The number of aliphatic hydroxyl groups excluding tert-OH is 1. The van der Waals surface area contributed by atoms with E-state index in [4.69, 9.17) is 4.52 Å². The fraction of sp³-hybridized carbons (Fsp3) is 0.833. The molecule has 1 aromatic heterocycles. The highest BCUT2D eigenvalue weighted by Gasteiger charge is 2.42. The number of aliphatic hydroxyl groups is 1. The van der Waals surface area contributed by atoms with Crippen LogP contribution in [0.15, 0.2) is 4.52 Å². The molecule has 1 heterocycles. The molecular formula is C12H17F3N2O2. The van der Waals surface area contributed by atoms with Gasteiger partial charge in [-0.1, -0.05) is 12.1 Å². The van der Waals surface area contributed by atoms with E-state index in [1.807, 2.05) is 0 Å². The SMILES string of the molecule is CCC(O)c1noc(C2CCC(C(F)(F)F)CC2)n1. The van der Waals surface area contributed by atoms with Crippen molar-refractivity contribution < 1.29 is 22.8 Å². The first-order valence-corrected chi connectivity index (χ1v) is 6.50. The predicted octanol–water partition coefficient (Wildman–Crippen LogP) is 3.35. The van der Waals surface area contributed by atoms with Crippen molar-refractivity contribution in [1.29, 1.82) is 0 Å². The first kappa shape index (κ1) is 14.3. The fourth-order valence-corrected chi connectivity index (χ4v) is 2.40. The predicted molar refractivity (Wildman–Crippen MR) is 60.3 cm³/mol. The molecule has 108 valence electrons. The Morgan fingerprint density at radius 3 is 2.47 bits per heavy atom.